The van der Waals surface area contributed by atoms with Crippen LogP contribution < -0.4 is 30.7 Å². The molecule has 6 rings (SSSR count). The number of carbonyl (C=O) groups is 5. The van der Waals surface area contributed by atoms with Crippen molar-refractivity contribution < 1.29 is 38.6 Å². The number of nitrogens with one attached hydrogen (secondary N) is 4. The Hall–Kier alpha value is -5.25. The van der Waals surface area contributed by atoms with E-state index in [1.54, 1.807) is 30.7 Å². The van der Waals surface area contributed by atoms with Crippen LogP contribution in [0.3, 0.4) is 0 Å². The van der Waals surface area contributed by atoms with E-state index in [4.69, 9.17) is 14.5 Å². The number of carboxylic acids is 1. The second-order valence-electron chi connectivity index (χ2n) is 16.0. The number of rotatable bonds is 8. The van der Waals surface area contributed by atoms with Gasteiger partial charge in [0.1, 0.15) is 40.9 Å². The Labute approximate surface area is 330 Å². The monoisotopic (exact) mass is 789 g/mol. The highest BCUT2D eigenvalue weighted by Crippen LogP contribution is 2.45. The predicted molar refractivity (Wildman–Crippen MR) is 211 cm³/mol. The second-order valence-corrected chi connectivity index (χ2v) is 16.8. The van der Waals surface area contributed by atoms with E-state index in [9.17, 15) is 29.1 Å². The van der Waals surface area contributed by atoms with E-state index in [1.807, 2.05) is 45.9 Å². The number of carboxylic acid groups (broad SMARTS) is 1. The van der Waals surface area contributed by atoms with Crippen molar-refractivity contribution in [2.45, 2.75) is 109 Å². The number of hydrogen-bond donors (Lipinski definition) is 5. The van der Waals surface area contributed by atoms with Gasteiger partial charge >= 0.3 is 12.0 Å². The molecule has 3 aliphatic rings. The molecule has 1 saturated carbocycles. The lowest BCUT2D eigenvalue weighted by Gasteiger charge is -2.31. The number of pyridine rings is 1. The van der Waals surface area contributed by atoms with Crippen LogP contribution in [0.15, 0.2) is 41.8 Å². The maximum atomic E-state index is 14.6. The average Bonchev–Trinajstić information content (AvgIpc) is 3.40. The summed E-state index contributed by atoms with van der Waals surface area (Å²) in [7, 11) is 1.55. The van der Waals surface area contributed by atoms with Gasteiger partial charge in [0.25, 0.3) is 0 Å². The molecule has 1 aliphatic carbocycles. The van der Waals surface area contributed by atoms with Gasteiger partial charge in [-0.3, -0.25) is 14.4 Å². The fourth-order valence-electron chi connectivity index (χ4n) is 7.07. The molecule has 0 spiro atoms. The van der Waals surface area contributed by atoms with E-state index in [-0.39, 0.29) is 42.7 Å². The molecule has 2 unspecified atom stereocenters. The molecule has 1 saturated heterocycles. The minimum absolute atomic E-state index is 0.00278. The zero-order valence-corrected chi connectivity index (χ0v) is 33.5. The Morgan fingerprint density at radius 3 is 2.61 bits per heavy atom. The summed E-state index contributed by atoms with van der Waals surface area (Å²) in [5.74, 6) is -1.81. The summed E-state index contributed by atoms with van der Waals surface area (Å²) in [5, 5.41) is 24.4. The van der Waals surface area contributed by atoms with E-state index < -0.39 is 47.5 Å². The molecule has 56 heavy (non-hydrogen) atoms. The fraction of sp³-hybridized carbons (Fsp3) is 0.525. The summed E-state index contributed by atoms with van der Waals surface area (Å²) in [6, 6.07) is 4.37. The van der Waals surface area contributed by atoms with Crippen LogP contribution in [0.5, 0.6) is 11.5 Å². The van der Waals surface area contributed by atoms with Crippen LogP contribution >= 0.6 is 11.3 Å². The Kier molecular flexibility index (Phi) is 11.9. The summed E-state index contributed by atoms with van der Waals surface area (Å²) < 4.78 is 12.1. The number of thiazole rings is 1. The number of anilines is 1. The molecule has 3 aromatic rings. The number of urea groups is 1. The molecule has 6 atom stereocenters. The summed E-state index contributed by atoms with van der Waals surface area (Å²) >= 11 is 1.25. The van der Waals surface area contributed by atoms with Crippen molar-refractivity contribution in [1.29, 1.82) is 0 Å². The first-order valence-corrected chi connectivity index (χ1v) is 19.9. The maximum absolute atomic E-state index is 14.6. The number of carbonyl (C=O) groups excluding carboxylic acids is 4. The number of fused-ring (bicyclic) bond motifs is 3. The van der Waals surface area contributed by atoms with Gasteiger partial charge in [0.2, 0.25) is 17.7 Å². The Morgan fingerprint density at radius 2 is 1.89 bits per heavy atom. The molecule has 2 aromatic heterocycles. The highest BCUT2D eigenvalue weighted by Gasteiger charge is 2.61. The van der Waals surface area contributed by atoms with Gasteiger partial charge in [0.05, 0.1) is 24.9 Å². The van der Waals surface area contributed by atoms with Crippen LogP contribution in [-0.2, 0) is 19.2 Å². The number of benzene rings is 1. The van der Waals surface area contributed by atoms with E-state index in [2.05, 4.69) is 26.3 Å². The van der Waals surface area contributed by atoms with Crippen molar-refractivity contribution >= 4 is 57.1 Å². The number of aromatic nitrogens is 2. The normalized spacial score (nSPS) is 25.4. The largest absolute Gasteiger partial charge is 0.497 e. The van der Waals surface area contributed by atoms with Crippen molar-refractivity contribution in [2.24, 2.45) is 11.3 Å². The molecule has 16 heteroatoms. The quantitative estimate of drug-likeness (QED) is 0.188. The third-order valence-electron chi connectivity index (χ3n) is 10.9. The summed E-state index contributed by atoms with van der Waals surface area (Å²) in [5.41, 5.74) is -0.187. The standard InChI is InChI=1S/C40H51N7O8S/c1-22(39(3,4)5)41-37(53)44-28-13-11-9-7-8-10-12-24-19-40(24,36(51)52)46-34(49)32-17-26(20-47(32)35(28)50)55-33-18-30(31-21-56-38(45-31)42-23(2)48)43-29-16-25(54-6)14-15-27(29)33/h10,12,14-16,18,21-22,24,26,28,32H,7-9,11,13,17,19-20H2,1-6H3,(H,46,49)(H,51,52)(H2,41,44,53)(H,42,45,48)/b12-10-/t22-,24?,26-,28+,32+,40?/m1/s1. The molecule has 0 radical (unpaired) electrons. The van der Waals surface area contributed by atoms with Gasteiger partial charge < -0.3 is 40.7 Å². The smallest absolute Gasteiger partial charge is 0.330 e. The van der Waals surface area contributed by atoms with Crippen molar-refractivity contribution in [3.63, 3.8) is 0 Å². The molecule has 5 N–H and O–H groups in total. The lowest BCUT2D eigenvalue weighted by molar-refractivity contribution is -0.145. The van der Waals surface area contributed by atoms with Crippen LogP contribution in [0, 0.1) is 11.3 Å². The highest BCUT2D eigenvalue weighted by molar-refractivity contribution is 7.14. The van der Waals surface area contributed by atoms with Gasteiger partial charge in [-0.15, -0.1) is 11.3 Å². The van der Waals surface area contributed by atoms with Gasteiger partial charge in [0.15, 0.2) is 5.13 Å². The summed E-state index contributed by atoms with van der Waals surface area (Å²) in [6.07, 6.45) is 6.80. The first-order valence-electron chi connectivity index (χ1n) is 19.1. The second kappa shape index (κ2) is 16.5. The number of hydrogen-bond acceptors (Lipinski definition) is 10. The lowest BCUT2D eigenvalue weighted by Crippen LogP contribution is -2.58. The molecule has 5 amide bonds. The highest BCUT2D eigenvalue weighted by atomic mass is 32.1. The fourth-order valence-corrected chi connectivity index (χ4v) is 7.82. The summed E-state index contributed by atoms with van der Waals surface area (Å²) in [6.45, 7) is 9.32. The van der Waals surface area contributed by atoms with Crippen LogP contribution in [0.2, 0.25) is 0 Å². The van der Waals surface area contributed by atoms with Gasteiger partial charge in [-0.25, -0.2) is 19.6 Å². The Balaban J connectivity index is 1.34. The SMILES string of the molecule is COc1ccc2c(O[C@@H]3C[C@H]4C(=O)NC5(C(=O)O)CC5/C=C\CCCCC[C@H](NC(=O)N[C@H](C)C(C)(C)C)C(=O)N4C3)cc(-c3csc(NC(C)=O)n3)nc2c1. The van der Waals surface area contributed by atoms with Gasteiger partial charge in [-0.1, -0.05) is 45.8 Å². The van der Waals surface area contributed by atoms with Crippen molar-refractivity contribution in [3.8, 4) is 22.9 Å². The molecule has 15 nitrogen and oxygen atoms in total. The zero-order chi connectivity index (χ0) is 40.4. The first kappa shape index (κ1) is 40.4. The number of methoxy groups -OCH3 is 1. The lowest BCUT2D eigenvalue weighted by atomic mass is 9.88. The molecule has 2 fully saturated rings. The zero-order valence-electron chi connectivity index (χ0n) is 32.6. The van der Waals surface area contributed by atoms with Crippen molar-refractivity contribution in [1.82, 2.24) is 30.8 Å². The topological polar surface area (TPSA) is 201 Å². The number of aliphatic carboxylic acids is 1. The number of amides is 5. The number of allylic oxidation sites excluding steroid dienone is 1. The van der Waals surface area contributed by atoms with Gasteiger partial charge in [-0.2, -0.15) is 0 Å². The van der Waals surface area contributed by atoms with Crippen LogP contribution in [0.4, 0.5) is 9.93 Å². The van der Waals surface area contributed by atoms with E-state index in [0.717, 1.165) is 19.3 Å². The van der Waals surface area contributed by atoms with Crippen LogP contribution in [-0.4, -0.2) is 93.1 Å². The first-order chi connectivity index (χ1) is 26.6. The minimum Gasteiger partial charge on any atom is -0.497 e. The minimum atomic E-state index is -1.47. The van der Waals surface area contributed by atoms with Crippen LogP contribution in [0.1, 0.15) is 79.6 Å². The van der Waals surface area contributed by atoms with Crippen LogP contribution in [0.25, 0.3) is 22.3 Å². The van der Waals surface area contributed by atoms with E-state index in [0.29, 0.717) is 51.8 Å². The number of nitrogens with zero attached hydrogens (tertiary/aromatic N) is 3. The van der Waals surface area contributed by atoms with Gasteiger partial charge in [-0.05, 0) is 50.2 Å². The molecule has 0 bridgehead atoms. The van der Waals surface area contributed by atoms with Gasteiger partial charge in [0, 0.05) is 48.2 Å². The summed E-state index contributed by atoms with van der Waals surface area (Å²) in [4.78, 5) is 77.1. The maximum Gasteiger partial charge on any atom is 0.330 e. The van der Waals surface area contributed by atoms with Crippen molar-refractivity contribution in [3.05, 3.63) is 41.8 Å². The molecule has 1 aromatic carbocycles. The van der Waals surface area contributed by atoms with E-state index >= 15 is 0 Å². The van der Waals surface area contributed by atoms with E-state index in [1.165, 1.54) is 23.2 Å². The third kappa shape index (κ3) is 9.06. The molecule has 4 heterocycles. The molecule has 300 valence electrons. The predicted octanol–water partition coefficient (Wildman–Crippen LogP) is 5.26. The Bertz CT molecular complexity index is 2030. The molecular formula is C40H51N7O8S. The molecular weight excluding hydrogens is 739 g/mol. The molecule has 2 aliphatic heterocycles. The third-order valence-corrected chi connectivity index (χ3v) is 11.7. The average molecular weight is 790 g/mol. The van der Waals surface area contributed by atoms with Crippen molar-refractivity contribution in [2.75, 3.05) is 19.0 Å². The number of ether oxygens (including phenoxy) is 2. The Morgan fingerprint density at radius 1 is 1.11 bits per heavy atom.